The Morgan fingerprint density at radius 3 is 2.35 bits per heavy atom. The number of aromatic nitrogens is 1. The van der Waals surface area contributed by atoms with Crippen LogP contribution in [0.2, 0.25) is 0 Å². The molecular formula is C14H9F2N3O. The lowest BCUT2D eigenvalue weighted by molar-refractivity contribution is 0.459. The van der Waals surface area contributed by atoms with E-state index in [1.165, 1.54) is 42.5 Å². The third-order valence-electron chi connectivity index (χ3n) is 2.81. The highest BCUT2D eigenvalue weighted by Crippen LogP contribution is 2.36. The number of fused-ring (bicyclic) bond motifs is 1. The van der Waals surface area contributed by atoms with Crippen LogP contribution in [0.3, 0.4) is 0 Å². The van der Waals surface area contributed by atoms with Crippen molar-refractivity contribution in [2.75, 3.05) is 0 Å². The summed E-state index contributed by atoms with van der Waals surface area (Å²) in [6.07, 6.45) is 0. The molecule has 0 aliphatic heterocycles. The molecule has 1 aromatic heterocycles. The summed E-state index contributed by atoms with van der Waals surface area (Å²) in [5, 5.41) is 18.0. The molecule has 0 atom stereocenters. The molecule has 0 amide bonds. The maximum Gasteiger partial charge on any atom is 0.218 e. The number of aromatic amines is 1. The van der Waals surface area contributed by atoms with Crippen molar-refractivity contribution in [2.45, 2.75) is 0 Å². The van der Waals surface area contributed by atoms with E-state index in [-0.39, 0.29) is 17.4 Å². The Bertz CT molecular complexity index is 794. The van der Waals surface area contributed by atoms with Crippen LogP contribution in [0.4, 0.5) is 20.2 Å². The van der Waals surface area contributed by atoms with Gasteiger partial charge in [-0.15, -0.1) is 5.11 Å². The first-order chi connectivity index (χ1) is 9.63. The van der Waals surface area contributed by atoms with E-state index in [4.69, 9.17) is 0 Å². The number of rotatable bonds is 2. The lowest BCUT2D eigenvalue weighted by Gasteiger charge is -1.93. The minimum atomic E-state index is -0.435. The average molecular weight is 273 g/mol. The van der Waals surface area contributed by atoms with Crippen molar-refractivity contribution in [2.24, 2.45) is 10.2 Å². The van der Waals surface area contributed by atoms with Crippen LogP contribution in [0.15, 0.2) is 52.7 Å². The molecule has 3 aromatic rings. The van der Waals surface area contributed by atoms with E-state index < -0.39 is 5.82 Å². The number of nitrogens with zero attached hydrogens (tertiary/aromatic N) is 2. The van der Waals surface area contributed by atoms with Crippen LogP contribution in [-0.4, -0.2) is 10.1 Å². The van der Waals surface area contributed by atoms with Gasteiger partial charge in [0.05, 0.1) is 11.2 Å². The number of halogens is 2. The van der Waals surface area contributed by atoms with Crippen LogP contribution in [0, 0.1) is 11.6 Å². The quantitative estimate of drug-likeness (QED) is 0.660. The second kappa shape index (κ2) is 4.73. The molecule has 0 aliphatic carbocycles. The molecule has 1 heterocycles. The number of aromatic hydroxyl groups is 1. The van der Waals surface area contributed by atoms with E-state index in [0.717, 1.165) is 0 Å². The fourth-order valence-corrected chi connectivity index (χ4v) is 1.85. The summed E-state index contributed by atoms with van der Waals surface area (Å²) in [7, 11) is 0. The van der Waals surface area contributed by atoms with E-state index in [2.05, 4.69) is 15.2 Å². The number of azo groups is 1. The maximum absolute atomic E-state index is 13.2. The smallest absolute Gasteiger partial charge is 0.218 e. The molecule has 2 N–H and O–H groups in total. The van der Waals surface area contributed by atoms with Crippen LogP contribution in [-0.2, 0) is 0 Å². The SMILES string of the molecule is Oc1[nH]c2ccc(F)cc2c1N=Nc1ccc(F)cc1. The van der Waals surface area contributed by atoms with Crippen molar-refractivity contribution >= 4 is 22.3 Å². The zero-order chi connectivity index (χ0) is 14.1. The van der Waals surface area contributed by atoms with Gasteiger partial charge in [-0.25, -0.2) is 8.78 Å². The summed E-state index contributed by atoms with van der Waals surface area (Å²) in [5.41, 5.74) is 1.12. The summed E-state index contributed by atoms with van der Waals surface area (Å²) < 4.78 is 26.0. The largest absolute Gasteiger partial charge is 0.493 e. The van der Waals surface area contributed by atoms with Gasteiger partial charge >= 0.3 is 0 Å². The molecule has 0 saturated carbocycles. The number of H-pyrrole nitrogens is 1. The molecule has 0 radical (unpaired) electrons. The first-order valence-electron chi connectivity index (χ1n) is 5.81. The van der Waals surface area contributed by atoms with Crippen LogP contribution in [0.5, 0.6) is 5.88 Å². The Morgan fingerprint density at radius 2 is 1.60 bits per heavy atom. The summed E-state index contributed by atoms with van der Waals surface area (Å²) in [6.45, 7) is 0. The molecule has 0 saturated heterocycles. The number of hydrogen-bond acceptors (Lipinski definition) is 3. The Hall–Kier alpha value is -2.76. The van der Waals surface area contributed by atoms with Crippen LogP contribution >= 0.6 is 0 Å². The second-order valence-corrected chi connectivity index (χ2v) is 4.19. The normalized spacial score (nSPS) is 11.5. The van der Waals surface area contributed by atoms with Crippen molar-refractivity contribution in [3.05, 3.63) is 54.1 Å². The van der Waals surface area contributed by atoms with Gasteiger partial charge in [0, 0.05) is 5.39 Å². The fraction of sp³-hybridized carbons (Fsp3) is 0. The fourth-order valence-electron chi connectivity index (χ4n) is 1.85. The summed E-state index contributed by atoms with van der Waals surface area (Å²) in [5.74, 6) is -1.01. The third kappa shape index (κ3) is 2.23. The highest BCUT2D eigenvalue weighted by molar-refractivity contribution is 5.94. The van der Waals surface area contributed by atoms with Gasteiger partial charge in [0.25, 0.3) is 0 Å². The molecule has 0 bridgehead atoms. The highest BCUT2D eigenvalue weighted by atomic mass is 19.1. The number of nitrogens with one attached hydrogen (secondary N) is 1. The van der Waals surface area contributed by atoms with Crippen molar-refractivity contribution in [3.63, 3.8) is 0 Å². The minimum absolute atomic E-state index is 0.142. The number of benzene rings is 2. The molecule has 3 rings (SSSR count). The van der Waals surface area contributed by atoms with Gasteiger partial charge < -0.3 is 10.1 Å². The highest BCUT2D eigenvalue weighted by Gasteiger charge is 2.11. The van der Waals surface area contributed by atoms with E-state index >= 15 is 0 Å². The Morgan fingerprint density at radius 1 is 0.900 bits per heavy atom. The summed E-state index contributed by atoms with van der Waals surface area (Å²) in [4.78, 5) is 2.67. The molecule has 20 heavy (non-hydrogen) atoms. The predicted octanol–water partition coefficient (Wildman–Crippen LogP) is 4.57. The molecule has 6 heteroatoms. The van der Waals surface area contributed by atoms with Gasteiger partial charge in [-0.1, -0.05) is 0 Å². The third-order valence-corrected chi connectivity index (χ3v) is 2.81. The summed E-state index contributed by atoms with van der Waals surface area (Å²) >= 11 is 0. The Kier molecular flexibility index (Phi) is 2.90. The van der Waals surface area contributed by atoms with Gasteiger partial charge in [0.1, 0.15) is 11.6 Å². The van der Waals surface area contributed by atoms with Gasteiger partial charge in [-0.05, 0) is 42.5 Å². The standard InChI is InChI=1S/C14H9F2N3O/c15-8-1-4-10(5-2-8)18-19-13-11-7-9(16)3-6-12(11)17-14(13)20/h1-7,17,20H. The lowest BCUT2D eigenvalue weighted by atomic mass is 10.2. The monoisotopic (exact) mass is 273 g/mol. The molecule has 0 unspecified atom stereocenters. The minimum Gasteiger partial charge on any atom is -0.493 e. The second-order valence-electron chi connectivity index (χ2n) is 4.19. The Labute approximate surface area is 112 Å². The van der Waals surface area contributed by atoms with Gasteiger partial charge in [0.2, 0.25) is 5.88 Å². The van der Waals surface area contributed by atoms with Crippen molar-refractivity contribution in [1.82, 2.24) is 4.98 Å². The molecule has 0 fully saturated rings. The van der Waals surface area contributed by atoms with E-state index in [9.17, 15) is 13.9 Å². The van der Waals surface area contributed by atoms with E-state index in [1.807, 2.05) is 0 Å². The molecular weight excluding hydrogens is 264 g/mol. The van der Waals surface area contributed by atoms with Gasteiger partial charge in [-0.3, -0.25) is 0 Å². The van der Waals surface area contributed by atoms with Gasteiger partial charge in [-0.2, -0.15) is 5.11 Å². The van der Waals surface area contributed by atoms with Crippen LogP contribution in [0.1, 0.15) is 0 Å². The first-order valence-corrected chi connectivity index (χ1v) is 5.81. The van der Waals surface area contributed by atoms with Crippen molar-refractivity contribution in [3.8, 4) is 5.88 Å². The topological polar surface area (TPSA) is 60.7 Å². The van der Waals surface area contributed by atoms with Crippen LogP contribution < -0.4 is 0 Å². The van der Waals surface area contributed by atoms with Crippen molar-refractivity contribution in [1.29, 1.82) is 0 Å². The molecule has 0 aliphatic rings. The molecule has 100 valence electrons. The summed E-state index contributed by atoms with van der Waals surface area (Å²) in [6, 6.07) is 9.44. The predicted molar refractivity (Wildman–Crippen MR) is 70.5 cm³/mol. The lowest BCUT2D eigenvalue weighted by Crippen LogP contribution is -1.72. The average Bonchev–Trinajstić information content (AvgIpc) is 2.73. The Balaban J connectivity index is 2.03. The maximum atomic E-state index is 13.2. The zero-order valence-electron chi connectivity index (χ0n) is 10.1. The zero-order valence-corrected chi connectivity index (χ0v) is 10.1. The molecule has 2 aromatic carbocycles. The van der Waals surface area contributed by atoms with Crippen LogP contribution in [0.25, 0.3) is 10.9 Å². The van der Waals surface area contributed by atoms with Gasteiger partial charge in [0.15, 0.2) is 5.69 Å². The van der Waals surface area contributed by atoms with E-state index in [1.54, 1.807) is 0 Å². The molecule has 4 nitrogen and oxygen atoms in total. The van der Waals surface area contributed by atoms with Crippen molar-refractivity contribution < 1.29 is 13.9 Å². The van der Waals surface area contributed by atoms with E-state index in [0.29, 0.717) is 16.6 Å². The molecule has 0 spiro atoms. The number of hydrogen-bond donors (Lipinski definition) is 2. The first kappa shape index (κ1) is 12.3.